The van der Waals surface area contributed by atoms with Gasteiger partial charge in [0.05, 0.1) is 27.8 Å². The Morgan fingerprint density at radius 1 is 0.325 bits per heavy atom. The molecule has 0 fully saturated rings. The molecule has 0 spiro atoms. The van der Waals surface area contributed by atoms with Crippen LogP contribution in [0.4, 0.5) is 0 Å². The molecule has 0 aliphatic heterocycles. The lowest BCUT2D eigenvalue weighted by molar-refractivity contribution is 1.18. The first-order chi connectivity index (χ1) is 19.9. The molecule has 0 amide bonds. The van der Waals surface area contributed by atoms with E-state index in [9.17, 15) is 0 Å². The van der Waals surface area contributed by atoms with Crippen molar-refractivity contribution in [1.29, 1.82) is 0 Å². The Morgan fingerprint density at radius 2 is 1.00 bits per heavy atom. The van der Waals surface area contributed by atoms with E-state index in [1.54, 1.807) is 0 Å². The van der Waals surface area contributed by atoms with Crippen molar-refractivity contribution in [3.63, 3.8) is 0 Å². The largest absolute Gasteiger partial charge is 0.309 e. The minimum atomic E-state index is 1.18. The zero-order chi connectivity index (χ0) is 26.2. The Bertz CT molecular complexity index is 2420. The first-order valence-electron chi connectivity index (χ1n) is 13.8. The number of rotatable bonds is 2. The fourth-order valence-electron chi connectivity index (χ4n) is 6.77. The highest BCUT2D eigenvalue weighted by molar-refractivity contribution is 6.25. The van der Waals surface area contributed by atoms with Crippen molar-refractivity contribution in [3.05, 3.63) is 146 Å². The maximum atomic E-state index is 2.46. The van der Waals surface area contributed by atoms with E-state index in [1.807, 2.05) is 0 Å². The summed E-state index contributed by atoms with van der Waals surface area (Å²) in [6.07, 6.45) is 0. The minimum Gasteiger partial charge on any atom is -0.309 e. The van der Waals surface area contributed by atoms with Gasteiger partial charge in [-0.3, -0.25) is 0 Å². The van der Waals surface area contributed by atoms with Crippen LogP contribution in [0.1, 0.15) is 0 Å². The maximum Gasteiger partial charge on any atom is 0.0547 e. The lowest BCUT2D eigenvalue weighted by Gasteiger charge is -2.12. The van der Waals surface area contributed by atoms with Crippen LogP contribution in [-0.4, -0.2) is 9.13 Å². The summed E-state index contributed by atoms with van der Waals surface area (Å²) in [5.41, 5.74) is 7.31. The van der Waals surface area contributed by atoms with E-state index < -0.39 is 0 Å². The minimum absolute atomic E-state index is 1.18. The quantitative estimate of drug-likeness (QED) is 0.220. The third-order valence-electron chi connectivity index (χ3n) is 8.47. The van der Waals surface area contributed by atoms with Gasteiger partial charge in [-0.1, -0.05) is 97.1 Å². The molecule has 40 heavy (non-hydrogen) atoms. The molecule has 9 aromatic rings. The van der Waals surface area contributed by atoms with E-state index in [0.29, 0.717) is 0 Å². The monoisotopic (exact) mass is 508 g/mol. The first-order valence-corrected chi connectivity index (χ1v) is 13.8. The van der Waals surface area contributed by atoms with Crippen LogP contribution in [-0.2, 0) is 0 Å². The zero-order valence-electron chi connectivity index (χ0n) is 21.8. The van der Waals surface area contributed by atoms with Crippen molar-refractivity contribution in [2.24, 2.45) is 0 Å². The highest BCUT2D eigenvalue weighted by Gasteiger charge is 2.18. The molecule has 0 bridgehead atoms. The van der Waals surface area contributed by atoms with Crippen molar-refractivity contribution >= 4 is 65.2 Å². The molecular formula is C38H24N2. The molecule has 2 aromatic heterocycles. The van der Waals surface area contributed by atoms with Crippen molar-refractivity contribution < 1.29 is 0 Å². The summed E-state index contributed by atoms with van der Waals surface area (Å²) < 4.78 is 4.86. The fraction of sp³-hybridized carbons (Fsp3) is 0. The zero-order valence-corrected chi connectivity index (χ0v) is 21.8. The molecule has 0 atom stereocenters. The summed E-state index contributed by atoms with van der Waals surface area (Å²) in [5, 5.41) is 10.2. The van der Waals surface area contributed by atoms with Crippen molar-refractivity contribution in [2.45, 2.75) is 0 Å². The second kappa shape index (κ2) is 8.08. The Balaban J connectivity index is 1.48. The first kappa shape index (κ1) is 21.6. The van der Waals surface area contributed by atoms with Crippen LogP contribution in [0.25, 0.3) is 76.5 Å². The van der Waals surface area contributed by atoms with Crippen molar-refractivity contribution in [2.75, 3.05) is 0 Å². The SMILES string of the molecule is c1ccc(-n2c3ccccc3c3c4cc5c(cc4ccc32)c2ccccc2n5-c2cccc3ccccc23)cc1. The predicted molar refractivity (Wildman–Crippen MR) is 170 cm³/mol. The summed E-state index contributed by atoms with van der Waals surface area (Å²) in [4.78, 5) is 0. The average Bonchev–Trinajstić information content (AvgIpc) is 3.53. The second-order valence-electron chi connectivity index (χ2n) is 10.6. The van der Waals surface area contributed by atoms with E-state index in [4.69, 9.17) is 0 Å². The molecule has 2 heterocycles. The van der Waals surface area contributed by atoms with Gasteiger partial charge in [0, 0.05) is 32.6 Å². The van der Waals surface area contributed by atoms with E-state index in [-0.39, 0.29) is 0 Å². The molecule has 2 heteroatoms. The van der Waals surface area contributed by atoms with Crippen LogP contribution in [0, 0.1) is 0 Å². The van der Waals surface area contributed by atoms with Gasteiger partial charge in [0.2, 0.25) is 0 Å². The Labute approximate surface area is 230 Å². The molecular weight excluding hydrogens is 484 g/mol. The fourth-order valence-corrected chi connectivity index (χ4v) is 6.77. The van der Waals surface area contributed by atoms with Crippen molar-refractivity contribution in [3.8, 4) is 11.4 Å². The molecule has 0 aliphatic rings. The molecule has 0 N–H and O–H groups in total. The highest BCUT2D eigenvalue weighted by atomic mass is 15.0. The molecule has 9 rings (SSSR count). The van der Waals surface area contributed by atoms with E-state index in [2.05, 4.69) is 155 Å². The number of hydrogen-bond acceptors (Lipinski definition) is 0. The van der Waals surface area contributed by atoms with Gasteiger partial charge in [-0.05, 0) is 64.7 Å². The number of hydrogen-bond donors (Lipinski definition) is 0. The smallest absolute Gasteiger partial charge is 0.0547 e. The summed E-state index contributed by atoms with van der Waals surface area (Å²) in [6, 6.07) is 53.0. The Kier molecular flexibility index (Phi) is 4.36. The average molecular weight is 509 g/mol. The predicted octanol–water partition coefficient (Wildman–Crippen LogP) is 10.2. The molecule has 0 radical (unpaired) electrons. The van der Waals surface area contributed by atoms with Crippen LogP contribution in [0.15, 0.2) is 146 Å². The van der Waals surface area contributed by atoms with Gasteiger partial charge < -0.3 is 9.13 Å². The lowest BCUT2D eigenvalue weighted by atomic mass is 10.0. The highest BCUT2D eigenvalue weighted by Crippen LogP contribution is 2.41. The number of nitrogens with zero attached hydrogens (tertiary/aromatic N) is 2. The molecule has 2 nitrogen and oxygen atoms in total. The van der Waals surface area contributed by atoms with Gasteiger partial charge in [0.15, 0.2) is 0 Å². The summed E-state index contributed by atoms with van der Waals surface area (Å²) >= 11 is 0. The van der Waals surface area contributed by atoms with E-state index >= 15 is 0 Å². The summed E-state index contributed by atoms with van der Waals surface area (Å²) in [6.45, 7) is 0. The number of para-hydroxylation sites is 3. The van der Waals surface area contributed by atoms with Gasteiger partial charge in [-0.2, -0.15) is 0 Å². The van der Waals surface area contributed by atoms with Gasteiger partial charge in [0.25, 0.3) is 0 Å². The van der Waals surface area contributed by atoms with Gasteiger partial charge in [0.1, 0.15) is 0 Å². The van der Waals surface area contributed by atoms with Crippen LogP contribution >= 0.6 is 0 Å². The van der Waals surface area contributed by atoms with Crippen LogP contribution in [0.5, 0.6) is 0 Å². The third-order valence-corrected chi connectivity index (χ3v) is 8.47. The van der Waals surface area contributed by atoms with Gasteiger partial charge in [-0.15, -0.1) is 0 Å². The summed E-state index contributed by atoms with van der Waals surface area (Å²) in [7, 11) is 0. The number of benzene rings is 7. The molecule has 7 aromatic carbocycles. The molecule has 0 aliphatic carbocycles. The second-order valence-corrected chi connectivity index (χ2v) is 10.6. The molecule has 0 saturated heterocycles. The van der Waals surface area contributed by atoms with Crippen LogP contribution in [0.3, 0.4) is 0 Å². The number of aromatic nitrogens is 2. The molecule has 0 saturated carbocycles. The van der Waals surface area contributed by atoms with Gasteiger partial charge >= 0.3 is 0 Å². The molecule has 0 unspecified atom stereocenters. The Morgan fingerprint density at radius 3 is 1.85 bits per heavy atom. The molecule has 186 valence electrons. The Hall–Kier alpha value is -5.34. The summed E-state index contributed by atoms with van der Waals surface area (Å²) in [5.74, 6) is 0. The number of fused-ring (bicyclic) bond motifs is 9. The lowest BCUT2D eigenvalue weighted by Crippen LogP contribution is -1.95. The van der Waals surface area contributed by atoms with E-state index in [1.165, 1.54) is 76.5 Å². The maximum absolute atomic E-state index is 2.46. The topological polar surface area (TPSA) is 9.86 Å². The van der Waals surface area contributed by atoms with E-state index in [0.717, 1.165) is 0 Å². The van der Waals surface area contributed by atoms with Crippen LogP contribution in [0.2, 0.25) is 0 Å². The standard InChI is InChI=1S/C38H24N2/c1-2-13-27(14-3-1)39-35-19-9-7-17-30(35)38-31-24-37-32(23-26(31)21-22-36(38)39)29-16-6-8-18-34(29)40(37)33-20-10-12-25-11-4-5-15-28(25)33/h1-24H. The van der Waals surface area contributed by atoms with Gasteiger partial charge in [-0.25, -0.2) is 0 Å². The van der Waals surface area contributed by atoms with Crippen LogP contribution < -0.4 is 0 Å². The van der Waals surface area contributed by atoms with Crippen molar-refractivity contribution in [1.82, 2.24) is 9.13 Å². The normalized spacial score (nSPS) is 12.0. The third kappa shape index (κ3) is 2.88.